The number of methoxy groups -OCH3 is 1. The van der Waals surface area contributed by atoms with Crippen molar-refractivity contribution in [3.8, 4) is 11.5 Å². The van der Waals surface area contributed by atoms with E-state index in [0.29, 0.717) is 22.6 Å². The number of halogens is 1. The highest BCUT2D eigenvalue weighted by molar-refractivity contribution is 9.10. The van der Waals surface area contributed by atoms with Gasteiger partial charge in [-0.15, -0.1) is 0 Å². The third-order valence-corrected chi connectivity index (χ3v) is 2.98. The molecule has 20 heavy (non-hydrogen) atoms. The summed E-state index contributed by atoms with van der Waals surface area (Å²) >= 11 is 3.37. The van der Waals surface area contributed by atoms with Crippen LogP contribution in [0.25, 0.3) is 0 Å². The van der Waals surface area contributed by atoms with Gasteiger partial charge in [-0.25, -0.2) is 4.79 Å². The predicted molar refractivity (Wildman–Crippen MR) is 79.2 cm³/mol. The lowest BCUT2D eigenvalue weighted by molar-refractivity contribution is -0.150. The van der Waals surface area contributed by atoms with Crippen molar-refractivity contribution in [2.45, 2.75) is 20.0 Å². The SMILES string of the molecule is CCOC(=O)C(C)Oc1c(Br)cc(C=NN)cc1OC. The molecule has 0 spiro atoms. The van der Waals surface area contributed by atoms with E-state index in [-0.39, 0.29) is 0 Å². The summed E-state index contributed by atoms with van der Waals surface area (Å²) in [6.45, 7) is 3.65. The Morgan fingerprint density at radius 3 is 2.80 bits per heavy atom. The van der Waals surface area contributed by atoms with Crippen molar-refractivity contribution in [1.82, 2.24) is 0 Å². The first-order chi connectivity index (χ1) is 9.53. The number of nitrogens with two attached hydrogens (primary N) is 1. The maximum atomic E-state index is 11.6. The number of rotatable bonds is 6. The Balaban J connectivity index is 3.02. The monoisotopic (exact) mass is 344 g/mol. The van der Waals surface area contributed by atoms with Crippen molar-refractivity contribution >= 4 is 28.1 Å². The minimum absolute atomic E-state index is 0.302. The first-order valence-corrected chi connectivity index (χ1v) is 6.76. The number of ether oxygens (including phenoxy) is 3. The van der Waals surface area contributed by atoms with Crippen LogP contribution in [-0.4, -0.2) is 32.0 Å². The molecule has 1 aromatic rings. The zero-order valence-corrected chi connectivity index (χ0v) is 13.1. The Hall–Kier alpha value is -1.76. The molecule has 0 radical (unpaired) electrons. The van der Waals surface area contributed by atoms with Gasteiger partial charge in [0.25, 0.3) is 0 Å². The van der Waals surface area contributed by atoms with Gasteiger partial charge < -0.3 is 20.1 Å². The largest absolute Gasteiger partial charge is 0.493 e. The number of carbonyl (C=O) groups excluding carboxylic acids is 1. The third-order valence-electron chi connectivity index (χ3n) is 2.39. The van der Waals surface area contributed by atoms with Gasteiger partial charge in [0.2, 0.25) is 0 Å². The van der Waals surface area contributed by atoms with Gasteiger partial charge in [0.15, 0.2) is 17.6 Å². The molecule has 2 N–H and O–H groups in total. The van der Waals surface area contributed by atoms with E-state index in [0.717, 1.165) is 5.56 Å². The predicted octanol–water partition coefficient (Wildman–Crippen LogP) is 2.08. The minimum atomic E-state index is -0.742. The molecule has 6 nitrogen and oxygen atoms in total. The molecule has 0 saturated carbocycles. The van der Waals surface area contributed by atoms with Crippen LogP contribution in [0.3, 0.4) is 0 Å². The topological polar surface area (TPSA) is 83.1 Å². The van der Waals surface area contributed by atoms with Crippen LogP contribution in [0.4, 0.5) is 0 Å². The number of hydrogen-bond acceptors (Lipinski definition) is 6. The van der Waals surface area contributed by atoms with E-state index in [4.69, 9.17) is 20.1 Å². The van der Waals surface area contributed by atoms with Crippen LogP contribution in [0, 0.1) is 0 Å². The fourth-order valence-corrected chi connectivity index (χ4v) is 2.05. The summed E-state index contributed by atoms with van der Waals surface area (Å²) in [5, 5.41) is 3.45. The van der Waals surface area contributed by atoms with Crippen molar-refractivity contribution in [1.29, 1.82) is 0 Å². The first kappa shape index (κ1) is 16.3. The highest BCUT2D eigenvalue weighted by Gasteiger charge is 2.20. The lowest BCUT2D eigenvalue weighted by Crippen LogP contribution is -2.26. The highest BCUT2D eigenvalue weighted by Crippen LogP contribution is 2.37. The standard InChI is InChI=1S/C13H17BrN2O4/c1-4-19-13(17)8(2)20-12-10(14)5-9(7-16-15)6-11(12)18-3/h5-8H,4,15H2,1-3H3. The molecular formula is C13H17BrN2O4. The van der Waals surface area contributed by atoms with Crippen LogP contribution in [0.5, 0.6) is 11.5 Å². The fraction of sp³-hybridized carbons (Fsp3) is 0.385. The average molecular weight is 345 g/mol. The normalized spacial score (nSPS) is 12.2. The van der Waals surface area contributed by atoms with Gasteiger partial charge in [0, 0.05) is 0 Å². The molecule has 1 rings (SSSR count). The zero-order chi connectivity index (χ0) is 15.1. The third kappa shape index (κ3) is 4.12. The van der Waals surface area contributed by atoms with E-state index >= 15 is 0 Å². The Kier molecular flexibility index (Phi) is 6.30. The van der Waals surface area contributed by atoms with Gasteiger partial charge in [0.1, 0.15) is 0 Å². The fourth-order valence-electron chi connectivity index (χ4n) is 1.50. The summed E-state index contributed by atoms with van der Waals surface area (Å²) in [6, 6.07) is 3.46. The van der Waals surface area contributed by atoms with Crippen molar-refractivity contribution in [2.24, 2.45) is 10.9 Å². The number of hydrazone groups is 1. The van der Waals surface area contributed by atoms with Gasteiger partial charge in [-0.3, -0.25) is 0 Å². The molecule has 0 aliphatic rings. The molecule has 1 aromatic carbocycles. The Morgan fingerprint density at radius 1 is 1.55 bits per heavy atom. The van der Waals surface area contributed by atoms with Crippen LogP contribution >= 0.6 is 15.9 Å². The number of esters is 1. The second kappa shape index (κ2) is 7.74. The second-order valence-electron chi connectivity index (χ2n) is 3.82. The molecule has 0 aliphatic heterocycles. The molecule has 0 bridgehead atoms. The van der Waals surface area contributed by atoms with Gasteiger partial charge >= 0.3 is 5.97 Å². The van der Waals surface area contributed by atoms with Crippen molar-refractivity contribution in [2.75, 3.05) is 13.7 Å². The smallest absolute Gasteiger partial charge is 0.347 e. The van der Waals surface area contributed by atoms with E-state index in [1.807, 2.05) is 0 Å². The maximum Gasteiger partial charge on any atom is 0.347 e. The molecule has 0 amide bonds. The Bertz CT molecular complexity index is 505. The quantitative estimate of drug-likeness (QED) is 0.369. The highest BCUT2D eigenvalue weighted by atomic mass is 79.9. The maximum absolute atomic E-state index is 11.6. The summed E-state index contributed by atoms with van der Waals surface area (Å²) in [7, 11) is 1.51. The number of nitrogens with zero attached hydrogens (tertiary/aromatic N) is 1. The van der Waals surface area contributed by atoms with Crippen LogP contribution in [0.2, 0.25) is 0 Å². The van der Waals surface area contributed by atoms with Crippen molar-refractivity contribution < 1.29 is 19.0 Å². The number of benzene rings is 1. The van der Waals surface area contributed by atoms with E-state index < -0.39 is 12.1 Å². The summed E-state index contributed by atoms with van der Waals surface area (Å²) in [5.74, 6) is 5.56. The summed E-state index contributed by atoms with van der Waals surface area (Å²) in [5.41, 5.74) is 0.743. The Morgan fingerprint density at radius 2 is 2.25 bits per heavy atom. The average Bonchev–Trinajstić information content (AvgIpc) is 2.41. The molecule has 0 fully saturated rings. The first-order valence-electron chi connectivity index (χ1n) is 5.97. The lowest BCUT2D eigenvalue weighted by atomic mass is 10.2. The molecule has 1 atom stereocenters. The van der Waals surface area contributed by atoms with E-state index in [2.05, 4.69) is 21.0 Å². The second-order valence-corrected chi connectivity index (χ2v) is 4.68. The van der Waals surface area contributed by atoms with Gasteiger partial charge in [-0.1, -0.05) is 0 Å². The van der Waals surface area contributed by atoms with Crippen LogP contribution in [0.15, 0.2) is 21.7 Å². The van der Waals surface area contributed by atoms with Crippen molar-refractivity contribution in [3.63, 3.8) is 0 Å². The van der Waals surface area contributed by atoms with E-state index in [9.17, 15) is 4.79 Å². The lowest BCUT2D eigenvalue weighted by Gasteiger charge is -2.17. The molecule has 0 heterocycles. The van der Waals surface area contributed by atoms with Crippen LogP contribution in [0.1, 0.15) is 19.4 Å². The number of carbonyl (C=O) groups is 1. The van der Waals surface area contributed by atoms with Crippen molar-refractivity contribution in [3.05, 3.63) is 22.2 Å². The molecule has 0 saturated heterocycles. The molecule has 0 aliphatic carbocycles. The van der Waals surface area contributed by atoms with Gasteiger partial charge in [-0.2, -0.15) is 5.10 Å². The molecular weight excluding hydrogens is 328 g/mol. The number of hydrogen-bond donors (Lipinski definition) is 1. The summed E-state index contributed by atoms with van der Waals surface area (Å²) in [4.78, 5) is 11.6. The molecule has 110 valence electrons. The van der Waals surface area contributed by atoms with Crippen LogP contribution < -0.4 is 15.3 Å². The Labute approximate surface area is 126 Å². The van der Waals surface area contributed by atoms with Crippen LogP contribution in [-0.2, 0) is 9.53 Å². The van der Waals surface area contributed by atoms with Gasteiger partial charge in [-0.05, 0) is 47.5 Å². The van der Waals surface area contributed by atoms with E-state index in [1.165, 1.54) is 13.3 Å². The van der Waals surface area contributed by atoms with E-state index in [1.54, 1.807) is 26.0 Å². The molecule has 1 unspecified atom stereocenters. The zero-order valence-electron chi connectivity index (χ0n) is 11.6. The summed E-state index contributed by atoms with van der Waals surface area (Å²) < 4.78 is 16.4. The van der Waals surface area contributed by atoms with Gasteiger partial charge in [0.05, 0.1) is 24.4 Å². The molecule has 7 heteroatoms. The molecule has 0 aromatic heterocycles. The minimum Gasteiger partial charge on any atom is -0.493 e. The summed E-state index contributed by atoms with van der Waals surface area (Å²) in [6.07, 6.45) is 0.737.